The lowest BCUT2D eigenvalue weighted by atomic mass is 9.73. The molecule has 0 aromatic carbocycles. The Kier molecular flexibility index (Phi) is 4.14. The van der Waals surface area contributed by atoms with Crippen molar-refractivity contribution in [3.05, 3.63) is 0 Å². The van der Waals surface area contributed by atoms with Crippen LogP contribution in [0.2, 0.25) is 0 Å². The molecule has 1 rings (SSSR count). The maximum Gasteiger partial charge on any atom is 0.335 e. The zero-order chi connectivity index (χ0) is 11.5. The van der Waals surface area contributed by atoms with E-state index in [0.29, 0.717) is 18.8 Å². The monoisotopic (exact) mass is 214 g/mol. The summed E-state index contributed by atoms with van der Waals surface area (Å²) >= 11 is 0. The van der Waals surface area contributed by atoms with Gasteiger partial charge in [0.15, 0.2) is 5.60 Å². The SMILES string of the molecule is CCCC(O)(C(=O)O)C(C)CC1CCC1. The van der Waals surface area contributed by atoms with Gasteiger partial charge >= 0.3 is 5.97 Å². The number of hydrogen-bond donors (Lipinski definition) is 2. The van der Waals surface area contributed by atoms with Gasteiger partial charge in [0.2, 0.25) is 0 Å². The maximum atomic E-state index is 11.1. The van der Waals surface area contributed by atoms with Crippen molar-refractivity contribution < 1.29 is 15.0 Å². The highest BCUT2D eigenvalue weighted by atomic mass is 16.4. The number of carbonyl (C=O) groups is 1. The summed E-state index contributed by atoms with van der Waals surface area (Å²) in [6, 6.07) is 0. The smallest absolute Gasteiger partial charge is 0.335 e. The van der Waals surface area contributed by atoms with Crippen LogP contribution < -0.4 is 0 Å². The second-order valence-corrected chi connectivity index (χ2v) is 4.91. The number of aliphatic carboxylic acids is 1. The zero-order valence-electron chi connectivity index (χ0n) is 9.70. The van der Waals surface area contributed by atoms with Crippen molar-refractivity contribution in [3.8, 4) is 0 Å². The Balaban J connectivity index is 2.56. The van der Waals surface area contributed by atoms with E-state index in [0.717, 1.165) is 6.42 Å². The Morgan fingerprint density at radius 2 is 2.13 bits per heavy atom. The third kappa shape index (κ3) is 2.71. The summed E-state index contributed by atoms with van der Waals surface area (Å²) in [6.07, 6.45) is 5.58. The van der Waals surface area contributed by atoms with E-state index in [9.17, 15) is 9.90 Å². The molecule has 88 valence electrons. The molecular weight excluding hydrogens is 192 g/mol. The Hall–Kier alpha value is -0.570. The fraction of sp³-hybridized carbons (Fsp3) is 0.917. The second kappa shape index (κ2) is 4.97. The van der Waals surface area contributed by atoms with E-state index in [1.54, 1.807) is 0 Å². The van der Waals surface area contributed by atoms with Crippen molar-refractivity contribution in [1.29, 1.82) is 0 Å². The topological polar surface area (TPSA) is 57.5 Å². The average Bonchev–Trinajstić information content (AvgIpc) is 2.10. The first kappa shape index (κ1) is 12.5. The number of carboxylic acids is 1. The molecule has 3 nitrogen and oxygen atoms in total. The number of carboxylic acid groups (broad SMARTS) is 1. The van der Waals surface area contributed by atoms with Gasteiger partial charge in [-0.3, -0.25) is 0 Å². The quantitative estimate of drug-likeness (QED) is 0.714. The molecule has 15 heavy (non-hydrogen) atoms. The van der Waals surface area contributed by atoms with Crippen LogP contribution in [0.3, 0.4) is 0 Å². The molecule has 0 radical (unpaired) electrons. The lowest BCUT2D eigenvalue weighted by Crippen LogP contribution is -2.45. The summed E-state index contributed by atoms with van der Waals surface area (Å²) in [5.74, 6) is -0.556. The first-order chi connectivity index (χ1) is 7.00. The average molecular weight is 214 g/mol. The summed E-state index contributed by atoms with van der Waals surface area (Å²) in [6.45, 7) is 3.77. The van der Waals surface area contributed by atoms with Crippen molar-refractivity contribution in [1.82, 2.24) is 0 Å². The van der Waals surface area contributed by atoms with Gasteiger partial charge in [0.25, 0.3) is 0 Å². The minimum Gasteiger partial charge on any atom is -0.479 e. The molecule has 0 spiro atoms. The van der Waals surface area contributed by atoms with E-state index >= 15 is 0 Å². The number of rotatable bonds is 6. The first-order valence-electron chi connectivity index (χ1n) is 5.96. The highest BCUT2D eigenvalue weighted by Gasteiger charge is 2.41. The summed E-state index contributed by atoms with van der Waals surface area (Å²) in [5, 5.41) is 19.2. The predicted octanol–water partition coefficient (Wildman–Crippen LogP) is 2.43. The molecule has 0 aliphatic heterocycles. The molecule has 1 fully saturated rings. The molecule has 0 bridgehead atoms. The molecular formula is C12H22O3. The molecule has 0 amide bonds. The molecule has 3 heteroatoms. The molecule has 0 aromatic rings. The first-order valence-corrected chi connectivity index (χ1v) is 5.96. The Bertz CT molecular complexity index is 223. The van der Waals surface area contributed by atoms with Gasteiger partial charge in [-0.25, -0.2) is 4.79 Å². The van der Waals surface area contributed by atoms with Gasteiger partial charge in [0.1, 0.15) is 0 Å². The fourth-order valence-corrected chi connectivity index (χ4v) is 2.37. The summed E-state index contributed by atoms with van der Waals surface area (Å²) in [4.78, 5) is 11.1. The van der Waals surface area contributed by atoms with Crippen LogP contribution in [0.1, 0.15) is 52.4 Å². The molecule has 0 heterocycles. The van der Waals surface area contributed by atoms with E-state index in [2.05, 4.69) is 0 Å². The molecule has 0 saturated heterocycles. The van der Waals surface area contributed by atoms with Crippen molar-refractivity contribution in [3.63, 3.8) is 0 Å². The third-order valence-electron chi connectivity index (χ3n) is 3.73. The van der Waals surface area contributed by atoms with E-state index in [4.69, 9.17) is 5.11 Å². The van der Waals surface area contributed by atoms with Crippen molar-refractivity contribution in [2.45, 2.75) is 58.0 Å². The normalized spacial score (nSPS) is 22.9. The van der Waals surface area contributed by atoms with Crippen molar-refractivity contribution in [2.75, 3.05) is 0 Å². The van der Waals surface area contributed by atoms with Gasteiger partial charge in [-0.05, 0) is 24.7 Å². The van der Waals surface area contributed by atoms with Gasteiger partial charge in [-0.2, -0.15) is 0 Å². The van der Waals surface area contributed by atoms with Crippen LogP contribution in [0.5, 0.6) is 0 Å². The predicted molar refractivity (Wildman–Crippen MR) is 58.6 cm³/mol. The standard InChI is InChI=1S/C12H22O3/c1-3-7-12(15,11(13)14)9(2)8-10-5-4-6-10/h9-10,15H,3-8H2,1-2H3,(H,13,14). The zero-order valence-corrected chi connectivity index (χ0v) is 9.70. The van der Waals surface area contributed by atoms with Crippen molar-refractivity contribution >= 4 is 5.97 Å². The van der Waals surface area contributed by atoms with E-state index < -0.39 is 11.6 Å². The van der Waals surface area contributed by atoms with Crippen LogP contribution >= 0.6 is 0 Å². The van der Waals surface area contributed by atoms with Gasteiger partial charge in [-0.1, -0.05) is 39.5 Å². The van der Waals surface area contributed by atoms with Crippen LogP contribution in [0.15, 0.2) is 0 Å². The Labute approximate surface area is 91.5 Å². The molecule has 2 unspecified atom stereocenters. The lowest BCUT2D eigenvalue weighted by molar-refractivity contribution is -0.166. The largest absolute Gasteiger partial charge is 0.479 e. The molecule has 1 aliphatic carbocycles. The second-order valence-electron chi connectivity index (χ2n) is 4.91. The summed E-state index contributed by atoms with van der Waals surface area (Å²) < 4.78 is 0. The lowest BCUT2D eigenvalue weighted by Gasteiger charge is -2.35. The van der Waals surface area contributed by atoms with Crippen LogP contribution in [0.25, 0.3) is 0 Å². The minimum atomic E-state index is -1.51. The van der Waals surface area contributed by atoms with Gasteiger partial charge < -0.3 is 10.2 Å². The van der Waals surface area contributed by atoms with Gasteiger partial charge in [-0.15, -0.1) is 0 Å². The minimum absolute atomic E-state index is 0.139. The molecule has 2 atom stereocenters. The van der Waals surface area contributed by atoms with Crippen LogP contribution in [0.4, 0.5) is 0 Å². The highest BCUT2D eigenvalue weighted by Crippen LogP contribution is 2.37. The number of aliphatic hydroxyl groups is 1. The molecule has 0 aromatic heterocycles. The molecule has 1 aliphatic rings. The van der Waals surface area contributed by atoms with E-state index in [-0.39, 0.29) is 5.92 Å². The van der Waals surface area contributed by atoms with Crippen LogP contribution in [-0.2, 0) is 4.79 Å². The Morgan fingerprint density at radius 3 is 2.47 bits per heavy atom. The maximum absolute atomic E-state index is 11.1. The van der Waals surface area contributed by atoms with Crippen LogP contribution in [-0.4, -0.2) is 21.8 Å². The summed E-state index contributed by atoms with van der Waals surface area (Å²) in [5.41, 5.74) is -1.51. The highest BCUT2D eigenvalue weighted by molar-refractivity contribution is 5.77. The van der Waals surface area contributed by atoms with Gasteiger partial charge in [0.05, 0.1) is 0 Å². The van der Waals surface area contributed by atoms with Crippen LogP contribution in [0, 0.1) is 11.8 Å². The Morgan fingerprint density at radius 1 is 1.53 bits per heavy atom. The van der Waals surface area contributed by atoms with Gasteiger partial charge in [0, 0.05) is 0 Å². The van der Waals surface area contributed by atoms with E-state index in [1.807, 2.05) is 13.8 Å². The fourth-order valence-electron chi connectivity index (χ4n) is 2.37. The summed E-state index contributed by atoms with van der Waals surface area (Å²) in [7, 11) is 0. The van der Waals surface area contributed by atoms with E-state index in [1.165, 1.54) is 19.3 Å². The molecule has 2 N–H and O–H groups in total. The number of hydrogen-bond acceptors (Lipinski definition) is 2. The molecule has 1 saturated carbocycles. The van der Waals surface area contributed by atoms with Crippen molar-refractivity contribution in [2.24, 2.45) is 11.8 Å². The third-order valence-corrected chi connectivity index (χ3v) is 3.73.